The standard InChI is InChI=1S/C20H18FNO3/c1-13(20(23)22-19-6-4-3-5-18(19)21)25-17-10-8-14-7-9-16(24-2)11-15(14)12-17/h3-13H,1-2H3,(H,22,23)/t13-/m1/s1. The molecule has 1 amide bonds. The van der Waals surface area contributed by atoms with E-state index < -0.39 is 17.8 Å². The number of anilines is 1. The second-order valence-corrected chi connectivity index (χ2v) is 5.60. The normalized spacial score (nSPS) is 11.8. The van der Waals surface area contributed by atoms with Crippen LogP contribution in [0.15, 0.2) is 60.7 Å². The average Bonchev–Trinajstić information content (AvgIpc) is 2.62. The molecule has 0 saturated carbocycles. The van der Waals surface area contributed by atoms with E-state index in [-0.39, 0.29) is 5.69 Å². The quantitative estimate of drug-likeness (QED) is 0.750. The summed E-state index contributed by atoms with van der Waals surface area (Å²) in [5.41, 5.74) is 0.131. The number of para-hydroxylation sites is 1. The van der Waals surface area contributed by atoms with Crippen LogP contribution in [0, 0.1) is 5.82 Å². The van der Waals surface area contributed by atoms with Gasteiger partial charge in [0.15, 0.2) is 6.10 Å². The molecule has 5 heteroatoms. The van der Waals surface area contributed by atoms with Gasteiger partial charge in [0, 0.05) is 0 Å². The van der Waals surface area contributed by atoms with Crippen molar-refractivity contribution in [2.45, 2.75) is 13.0 Å². The van der Waals surface area contributed by atoms with E-state index in [0.29, 0.717) is 5.75 Å². The van der Waals surface area contributed by atoms with Crippen LogP contribution in [-0.2, 0) is 4.79 Å². The van der Waals surface area contributed by atoms with E-state index >= 15 is 0 Å². The number of ether oxygens (including phenoxy) is 2. The van der Waals surface area contributed by atoms with Gasteiger partial charge in [-0.1, -0.05) is 24.3 Å². The maximum atomic E-state index is 13.6. The van der Waals surface area contributed by atoms with Crippen LogP contribution in [0.5, 0.6) is 11.5 Å². The molecule has 0 heterocycles. The molecule has 0 aromatic heterocycles. The molecule has 0 aliphatic heterocycles. The molecular formula is C20H18FNO3. The molecule has 0 aliphatic carbocycles. The summed E-state index contributed by atoms with van der Waals surface area (Å²) in [4.78, 5) is 12.2. The maximum absolute atomic E-state index is 13.6. The first-order valence-electron chi connectivity index (χ1n) is 7.86. The highest BCUT2D eigenvalue weighted by molar-refractivity contribution is 5.94. The molecule has 3 aromatic rings. The highest BCUT2D eigenvalue weighted by Crippen LogP contribution is 2.25. The van der Waals surface area contributed by atoms with Crippen LogP contribution < -0.4 is 14.8 Å². The Morgan fingerprint density at radius 2 is 1.68 bits per heavy atom. The Kier molecular flexibility index (Phi) is 4.84. The lowest BCUT2D eigenvalue weighted by Crippen LogP contribution is -2.30. The van der Waals surface area contributed by atoms with Crippen LogP contribution in [0.3, 0.4) is 0 Å². The zero-order valence-corrected chi connectivity index (χ0v) is 14.0. The van der Waals surface area contributed by atoms with Gasteiger partial charge in [0.2, 0.25) is 0 Å². The van der Waals surface area contributed by atoms with Crippen molar-refractivity contribution in [3.05, 3.63) is 66.5 Å². The first-order chi connectivity index (χ1) is 12.1. The molecule has 0 unspecified atom stereocenters. The Hall–Kier alpha value is -3.08. The fourth-order valence-corrected chi connectivity index (χ4v) is 2.46. The number of benzene rings is 3. The number of rotatable bonds is 5. The third-order valence-corrected chi connectivity index (χ3v) is 3.83. The molecule has 0 fully saturated rings. The minimum atomic E-state index is -0.775. The van der Waals surface area contributed by atoms with Gasteiger partial charge >= 0.3 is 0 Å². The Morgan fingerprint density at radius 3 is 2.40 bits per heavy atom. The summed E-state index contributed by atoms with van der Waals surface area (Å²) in [5, 5.41) is 4.51. The Labute approximate surface area is 145 Å². The van der Waals surface area contributed by atoms with Crippen LogP contribution in [0.2, 0.25) is 0 Å². The zero-order valence-electron chi connectivity index (χ0n) is 14.0. The van der Waals surface area contributed by atoms with Gasteiger partial charge < -0.3 is 14.8 Å². The van der Waals surface area contributed by atoms with Gasteiger partial charge in [-0.05, 0) is 54.1 Å². The number of amides is 1. The van der Waals surface area contributed by atoms with Gasteiger partial charge in [-0.2, -0.15) is 0 Å². The Morgan fingerprint density at radius 1 is 1.00 bits per heavy atom. The minimum Gasteiger partial charge on any atom is -0.497 e. The monoisotopic (exact) mass is 339 g/mol. The second-order valence-electron chi connectivity index (χ2n) is 5.60. The predicted octanol–water partition coefficient (Wildman–Crippen LogP) is 4.39. The number of nitrogens with one attached hydrogen (secondary N) is 1. The number of halogens is 1. The van der Waals surface area contributed by atoms with Gasteiger partial charge in [0.05, 0.1) is 12.8 Å². The summed E-state index contributed by atoms with van der Waals surface area (Å²) >= 11 is 0. The number of fused-ring (bicyclic) bond motifs is 1. The van der Waals surface area contributed by atoms with Crippen LogP contribution in [0.1, 0.15) is 6.92 Å². The van der Waals surface area contributed by atoms with Gasteiger partial charge in [-0.25, -0.2) is 4.39 Å². The van der Waals surface area contributed by atoms with Crippen molar-refractivity contribution in [1.29, 1.82) is 0 Å². The number of carbonyl (C=O) groups is 1. The summed E-state index contributed by atoms with van der Waals surface area (Å²) in [6.45, 7) is 1.62. The molecule has 1 N–H and O–H groups in total. The highest BCUT2D eigenvalue weighted by atomic mass is 19.1. The topological polar surface area (TPSA) is 47.6 Å². The van der Waals surface area contributed by atoms with Crippen molar-refractivity contribution < 1.29 is 18.7 Å². The summed E-state index contributed by atoms with van der Waals surface area (Å²) in [6, 6.07) is 17.3. The van der Waals surface area contributed by atoms with Gasteiger partial charge in [0.25, 0.3) is 5.91 Å². The van der Waals surface area contributed by atoms with E-state index in [1.54, 1.807) is 32.2 Å². The highest BCUT2D eigenvalue weighted by Gasteiger charge is 2.16. The van der Waals surface area contributed by atoms with Crippen molar-refractivity contribution in [1.82, 2.24) is 0 Å². The lowest BCUT2D eigenvalue weighted by atomic mass is 10.1. The second kappa shape index (κ2) is 7.21. The first-order valence-corrected chi connectivity index (χ1v) is 7.86. The van der Waals surface area contributed by atoms with Crippen molar-refractivity contribution in [3.8, 4) is 11.5 Å². The van der Waals surface area contributed by atoms with E-state index in [1.807, 2.05) is 30.3 Å². The minimum absolute atomic E-state index is 0.131. The molecule has 0 spiro atoms. The van der Waals surface area contributed by atoms with Crippen LogP contribution in [0.4, 0.5) is 10.1 Å². The number of hydrogen-bond donors (Lipinski definition) is 1. The van der Waals surface area contributed by atoms with Crippen molar-refractivity contribution in [2.75, 3.05) is 12.4 Å². The lowest BCUT2D eigenvalue weighted by Gasteiger charge is -2.15. The number of carbonyl (C=O) groups excluding carboxylic acids is 1. The molecule has 0 saturated heterocycles. The number of hydrogen-bond acceptors (Lipinski definition) is 3. The van der Waals surface area contributed by atoms with Gasteiger partial charge in [-0.3, -0.25) is 4.79 Å². The molecule has 4 nitrogen and oxygen atoms in total. The molecule has 128 valence electrons. The molecule has 25 heavy (non-hydrogen) atoms. The van der Waals surface area contributed by atoms with Gasteiger partial charge in [-0.15, -0.1) is 0 Å². The van der Waals surface area contributed by atoms with E-state index in [4.69, 9.17) is 9.47 Å². The lowest BCUT2D eigenvalue weighted by molar-refractivity contribution is -0.122. The first kappa shape index (κ1) is 16.8. The fraction of sp³-hybridized carbons (Fsp3) is 0.150. The molecule has 0 aliphatic rings. The SMILES string of the molecule is COc1ccc2ccc(O[C@H](C)C(=O)Nc3ccccc3F)cc2c1. The summed E-state index contributed by atoms with van der Waals surface area (Å²) in [5.74, 6) is 0.392. The smallest absolute Gasteiger partial charge is 0.265 e. The largest absolute Gasteiger partial charge is 0.497 e. The van der Waals surface area contributed by atoms with E-state index in [9.17, 15) is 9.18 Å². The summed E-state index contributed by atoms with van der Waals surface area (Å²) in [7, 11) is 1.61. The van der Waals surface area contributed by atoms with Gasteiger partial charge in [0.1, 0.15) is 17.3 Å². The zero-order chi connectivity index (χ0) is 17.8. The molecule has 0 bridgehead atoms. The summed E-state index contributed by atoms with van der Waals surface area (Å²) in [6.07, 6.45) is -0.775. The molecular weight excluding hydrogens is 321 g/mol. The van der Waals surface area contributed by atoms with Crippen molar-refractivity contribution >= 4 is 22.4 Å². The Bertz CT molecular complexity index is 910. The predicted molar refractivity (Wildman–Crippen MR) is 95.6 cm³/mol. The maximum Gasteiger partial charge on any atom is 0.265 e. The third-order valence-electron chi connectivity index (χ3n) is 3.83. The van der Waals surface area contributed by atoms with Crippen molar-refractivity contribution in [3.63, 3.8) is 0 Å². The Balaban J connectivity index is 1.73. The molecule has 3 aromatic carbocycles. The van der Waals surface area contributed by atoms with Crippen LogP contribution in [-0.4, -0.2) is 19.1 Å². The molecule has 1 atom stereocenters. The average molecular weight is 339 g/mol. The van der Waals surface area contributed by atoms with E-state index in [0.717, 1.165) is 16.5 Å². The molecule has 0 radical (unpaired) electrons. The van der Waals surface area contributed by atoms with E-state index in [2.05, 4.69) is 5.32 Å². The van der Waals surface area contributed by atoms with E-state index in [1.165, 1.54) is 12.1 Å². The molecule has 3 rings (SSSR count). The van der Waals surface area contributed by atoms with Crippen LogP contribution >= 0.6 is 0 Å². The van der Waals surface area contributed by atoms with Crippen LogP contribution in [0.25, 0.3) is 10.8 Å². The number of methoxy groups -OCH3 is 1. The fourth-order valence-electron chi connectivity index (χ4n) is 2.46. The van der Waals surface area contributed by atoms with Crippen molar-refractivity contribution in [2.24, 2.45) is 0 Å². The summed E-state index contributed by atoms with van der Waals surface area (Å²) < 4.78 is 24.5. The third kappa shape index (κ3) is 3.88.